The lowest BCUT2D eigenvalue weighted by molar-refractivity contribution is -0.139. The number of carboxylic acids is 1. The molecule has 0 aliphatic carbocycles. The summed E-state index contributed by atoms with van der Waals surface area (Å²) in [7, 11) is 0. The fraction of sp³-hybridized carbons (Fsp3) is 0.263. The van der Waals surface area contributed by atoms with Crippen molar-refractivity contribution in [2.45, 2.75) is 20.8 Å². The predicted molar refractivity (Wildman–Crippen MR) is 94.4 cm³/mol. The number of hydrogen-bond donors (Lipinski definition) is 2. The van der Waals surface area contributed by atoms with E-state index in [1.54, 1.807) is 24.3 Å². The molecule has 25 heavy (non-hydrogen) atoms. The largest absolute Gasteiger partial charge is 0.483 e. The maximum absolute atomic E-state index is 12.0. The Kier molecular flexibility index (Phi) is 6.00. The zero-order chi connectivity index (χ0) is 18.4. The molecule has 0 bridgehead atoms. The Morgan fingerprint density at radius 3 is 2.12 bits per heavy atom. The first-order chi connectivity index (χ1) is 11.8. The number of hydrogen-bond acceptors (Lipinski definition) is 4. The third-order valence-corrected chi connectivity index (χ3v) is 3.45. The van der Waals surface area contributed by atoms with E-state index in [2.05, 4.69) is 5.32 Å². The van der Waals surface area contributed by atoms with Crippen molar-refractivity contribution in [3.05, 3.63) is 53.1 Å². The number of anilines is 1. The first-order valence-corrected chi connectivity index (χ1v) is 7.80. The average molecular weight is 343 g/mol. The summed E-state index contributed by atoms with van der Waals surface area (Å²) in [4.78, 5) is 22.5. The molecule has 0 saturated carbocycles. The molecule has 132 valence electrons. The van der Waals surface area contributed by atoms with Gasteiger partial charge in [0.05, 0.1) is 0 Å². The molecule has 0 radical (unpaired) electrons. The molecule has 0 saturated heterocycles. The van der Waals surface area contributed by atoms with E-state index in [0.717, 1.165) is 22.4 Å². The quantitative estimate of drug-likeness (QED) is 0.807. The van der Waals surface area contributed by atoms with E-state index in [-0.39, 0.29) is 12.5 Å². The van der Waals surface area contributed by atoms with Gasteiger partial charge >= 0.3 is 5.97 Å². The van der Waals surface area contributed by atoms with Crippen molar-refractivity contribution in [3.63, 3.8) is 0 Å². The van der Waals surface area contributed by atoms with Crippen molar-refractivity contribution in [3.8, 4) is 11.5 Å². The molecule has 1 amide bonds. The van der Waals surface area contributed by atoms with Crippen LogP contribution in [-0.2, 0) is 9.59 Å². The van der Waals surface area contributed by atoms with Gasteiger partial charge < -0.3 is 19.9 Å². The first kappa shape index (κ1) is 18.3. The molecular formula is C19H21NO5. The smallest absolute Gasteiger partial charge is 0.341 e. The second-order valence-electron chi connectivity index (χ2n) is 5.77. The lowest BCUT2D eigenvalue weighted by Crippen LogP contribution is -2.20. The Balaban J connectivity index is 1.89. The van der Waals surface area contributed by atoms with Crippen molar-refractivity contribution in [1.29, 1.82) is 0 Å². The van der Waals surface area contributed by atoms with Crippen LogP contribution in [0.4, 0.5) is 5.69 Å². The van der Waals surface area contributed by atoms with E-state index in [4.69, 9.17) is 14.6 Å². The Morgan fingerprint density at radius 1 is 0.960 bits per heavy atom. The summed E-state index contributed by atoms with van der Waals surface area (Å²) in [6, 6.07) is 10.5. The number of ether oxygens (including phenoxy) is 2. The molecule has 2 aromatic rings. The van der Waals surface area contributed by atoms with Crippen LogP contribution in [-0.4, -0.2) is 30.2 Å². The van der Waals surface area contributed by atoms with Crippen molar-refractivity contribution in [2.75, 3.05) is 18.5 Å². The fourth-order valence-electron chi connectivity index (χ4n) is 2.51. The van der Waals surface area contributed by atoms with Gasteiger partial charge in [0.2, 0.25) is 0 Å². The van der Waals surface area contributed by atoms with Gasteiger partial charge in [-0.05, 0) is 56.2 Å². The van der Waals surface area contributed by atoms with Gasteiger partial charge in [-0.3, -0.25) is 4.79 Å². The highest BCUT2D eigenvalue weighted by Gasteiger charge is 2.09. The minimum atomic E-state index is -1.05. The Morgan fingerprint density at radius 2 is 1.56 bits per heavy atom. The normalized spacial score (nSPS) is 10.2. The lowest BCUT2D eigenvalue weighted by atomic mass is 10.1. The van der Waals surface area contributed by atoms with Crippen LogP contribution in [0.15, 0.2) is 36.4 Å². The number of carbonyl (C=O) groups is 2. The minimum absolute atomic E-state index is 0.0952. The van der Waals surface area contributed by atoms with Crippen LogP contribution in [0.1, 0.15) is 16.7 Å². The van der Waals surface area contributed by atoms with Crippen LogP contribution >= 0.6 is 0 Å². The maximum atomic E-state index is 12.0. The summed E-state index contributed by atoms with van der Waals surface area (Å²) in [5.74, 6) is -0.185. The van der Waals surface area contributed by atoms with Crippen molar-refractivity contribution < 1.29 is 24.2 Å². The molecule has 0 atom stereocenters. The molecule has 6 nitrogen and oxygen atoms in total. The van der Waals surface area contributed by atoms with Gasteiger partial charge in [-0.15, -0.1) is 0 Å². The predicted octanol–water partition coefficient (Wildman–Crippen LogP) is 3.09. The maximum Gasteiger partial charge on any atom is 0.341 e. The van der Waals surface area contributed by atoms with Crippen LogP contribution < -0.4 is 14.8 Å². The molecule has 6 heteroatoms. The molecule has 0 spiro atoms. The molecule has 0 fully saturated rings. The Hall–Kier alpha value is -3.02. The van der Waals surface area contributed by atoms with Crippen molar-refractivity contribution >= 4 is 17.6 Å². The van der Waals surface area contributed by atoms with Gasteiger partial charge in [0.15, 0.2) is 13.2 Å². The van der Waals surface area contributed by atoms with E-state index in [0.29, 0.717) is 11.4 Å². The summed E-state index contributed by atoms with van der Waals surface area (Å²) in [6.45, 7) is 5.41. The molecular weight excluding hydrogens is 322 g/mol. The van der Waals surface area contributed by atoms with Gasteiger partial charge in [0.1, 0.15) is 11.5 Å². The number of aryl methyl sites for hydroxylation is 3. The van der Waals surface area contributed by atoms with E-state index in [1.807, 2.05) is 32.9 Å². The highest BCUT2D eigenvalue weighted by atomic mass is 16.5. The second kappa shape index (κ2) is 8.19. The summed E-state index contributed by atoms with van der Waals surface area (Å²) in [5, 5.41) is 11.3. The fourth-order valence-corrected chi connectivity index (χ4v) is 2.51. The number of carboxylic acid groups (broad SMARTS) is 1. The Bertz CT molecular complexity index is 745. The van der Waals surface area contributed by atoms with Crippen LogP contribution in [0.3, 0.4) is 0 Å². The van der Waals surface area contributed by atoms with E-state index in [9.17, 15) is 9.59 Å². The molecule has 0 aliphatic rings. The monoisotopic (exact) mass is 343 g/mol. The van der Waals surface area contributed by atoms with Gasteiger partial charge in [0, 0.05) is 5.69 Å². The number of aliphatic carboxylic acids is 1. The third kappa shape index (κ3) is 5.53. The van der Waals surface area contributed by atoms with E-state index < -0.39 is 12.6 Å². The Labute approximate surface area is 146 Å². The minimum Gasteiger partial charge on any atom is -0.483 e. The number of carbonyl (C=O) groups excluding carboxylic acids is 1. The molecule has 0 unspecified atom stereocenters. The summed E-state index contributed by atoms with van der Waals surface area (Å²) in [5.41, 5.74) is 3.71. The number of nitrogens with one attached hydrogen (secondary N) is 1. The van der Waals surface area contributed by atoms with Gasteiger partial charge in [0.25, 0.3) is 5.91 Å². The molecule has 2 rings (SSSR count). The van der Waals surface area contributed by atoms with E-state index >= 15 is 0 Å². The number of benzene rings is 2. The average Bonchev–Trinajstić information content (AvgIpc) is 2.53. The van der Waals surface area contributed by atoms with Crippen LogP contribution in [0.25, 0.3) is 0 Å². The summed E-state index contributed by atoms with van der Waals surface area (Å²) < 4.78 is 10.7. The summed E-state index contributed by atoms with van der Waals surface area (Å²) >= 11 is 0. The van der Waals surface area contributed by atoms with Gasteiger partial charge in [-0.1, -0.05) is 17.7 Å². The molecule has 0 aliphatic heterocycles. The third-order valence-electron chi connectivity index (χ3n) is 3.45. The molecule has 2 aromatic carbocycles. The zero-order valence-corrected chi connectivity index (χ0v) is 14.5. The lowest BCUT2D eigenvalue weighted by Gasteiger charge is -2.13. The first-order valence-electron chi connectivity index (χ1n) is 7.80. The topological polar surface area (TPSA) is 84.9 Å². The standard InChI is InChI=1S/C19H21NO5/c1-12-8-13(2)19(14(3)9-12)25-10-17(21)20-15-4-6-16(7-5-15)24-11-18(22)23/h4-9H,10-11H2,1-3H3,(H,20,21)(H,22,23). The van der Waals surface area contributed by atoms with Crippen LogP contribution in [0, 0.1) is 20.8 Å². The second-order valence-corrected chi connectivity index (χ2v) is 5.77. The highest BCUT2D eigenvalue weighted by Crippen LogP contribution is 2.24. The van der Waals surface area contributed by atoms with E-state index in [1.165, 1.54) is 0 Å². The van der Waals surface area contributed by atoms with Crippen LogP contribution in [0.5, 0.6) is 11.5 Å². The highest BCUT2D eigenvalue weighted by molar-refractivity contribution is 5.91. The van der Waals surface area contributed by atoms with Crippen LogP contribution in [0.2, 0.25) is 0 Å². The number of amides is 1. The zero-order valence-electron chi connectivity index (χ0n) is 14.5. The number of rotatable bonds is 7. The molecule has 0 heterocycles. The molecule has 0 aromatic heterocycles. The summed E-state index contributed by atoms with van der Waals surface area (Å²) in [6.07, 6.45) is 0. The van der Waals surface area contributed by atoms with Crippen molar-refractivity contribution in [1.82, 2.24) is 0 Å². The van der Waals surface area contributed by atoms with Crippen molar-refractivity contribution in [2.24, 2.45) is 0 Å². The van der Waals surface area contributed by atoms with Gasteiger partial charge in [-0.25, -0.2) is 4.79 Å². The molecule has 2 N–H and O–H groups in total. The van der Waals surface area contributed by atoms with Gasteiger partial charge in [-0.2, -0.15) is 0 Å². The SMILES string of the molecule is Cc1cc(C)c(OCC(=O)Nc2ccc(OCC(=O)O)cc2)c(C)c1.